The molecule has 0 N–H and O–H groups in total. The first kappa shape index (κ1) is 19.2. The predicted molar refractivity (Wildman–Crippen MR) is 105 cm³/mol. The largest absolute Gasteiger partial charge is 0.337 e. The third-order valence-corrected chi connectivity index (χ3v) is 5.74. The Kier molecular flexibility index (Phi) is 6.17. The van der Waals surface area contributed by atoms with Gasteiger partial charge in [0.15, 0.2) is 5.69 Å². The molecular formula is C21H34N4O. The van der Waals surface area contributed by atoms with E-state index in [9.17, 15) is 4.79 Å². The predicted octanol–water partition coefficient (Wildman–Crippen LogP) is 3.14. The van der Waals surface area contributed by atoms with Gasteiger partial charge in [-0.25, -0.2) is 0 Å². The molecule has 1 aliphatic carbocycles. The van der Waals surface area contributed by atoms with E-state index in [0.717, 1.165) is 51.7 Å². The number of rotatable bonds is 6. The molecule has 1 amide bonds. The summed E-state index contributed by atoms with van der Waals surface area (Å²) in [4.78, 5) is 17.6. The van der Waals surface area contributed by atoms with Crippen LogP contribution in [0, 0.1) is 5.92 Å². The Bertz CT molecular complexity index is 643. The van der Waals surface area contributed by atoms with Crippen LogP contribution in [-0.4, -0.2) is 58.2 Å². The minimum Gasteiger partial charge on any atom is -0.337 e. The van der Waals surface area contributed by atoms with Crippen molar-refractivity contribution in [3.63, 3.8) is 0 Å². The van der Waals surface area contributed by atoms with Gasteiger partial charge in [0.05, 0.1) is 6.54 Å². The monoisotopic (exact) mass is 358 g/mol. The Hall–Kier alpha value is -1.62. The number of likely N-dealkylation sites (N-methyl/N-ethyl adjacent to an activating group) is 1. The molecule has 0 bridgehead atoms. The van der Waals surface area contributed by atoms with E-state index in [2.05, 4.69) is 32.4 Å². The van der Waals surface area contributed by atoms with Crippen molar-refractivity contribution in [2.75, 3.05) is 26.7 Å². The van der Waals surface area contributed by atoms with Gasteiger partial charge in [-0.15, -0.1) is 6.58 Å². The van der Waals surface area contributed by atoms with Crippen molar-refractivity contribution in [2.45, 2.75) is 65.0 Å². The fourth-order valence-corrected chi connectivity index (χ4v) is 4.46. The van der Waals surface area contributed by atoms with Gasteiger partial charge in [-0.2, -0.15) is 5.10 Å². The van der Waals surface area contributed by atoms with Gasteiger partial charge in [0.2, 0.25) is 0 Å². The maximum absolute atomic E-state index is 13.2. The highest BCUT2D eigenvalue weighted by Crippen LogP contribution is 2.29. The SMILES string of the molecule is C=CCn1nc(C(=O)N2CCCCC2)c2c1CCC(N(C)CC(C)C)C2. The first-order valence-corrected chi connectivity index (χ1v) is 10.2. The number of fused-ring (bicyclic) bond motifs is 1. The molecule has 1 aromatic heterocycles. The number of aromatic nitrogens is 2. The fraction of sp³-hybridized carbons (Fsp3) is 0.714. The van der Waals surface area contributed by atoms with Crippen LogP contribution in [-0.2, 0) is 19.4 Å². The summed E-state index contributed by atoms with van der Waals surface area (Å²) in [6.07, 6.45) is 8.40. The van der Waals surface area contributed by atoms with Crippen molar-refractivity contribution in [3.8, 4) is 0 Å². The van der Waals surface area contributed by atoms with Crippen LogP contribution >= 0.6 is 0 Å². The van der Waals surface area contributed by atoms with Crippen LogP contribution in [0.5, 0.6) is 0 Å². The Morgan fingerprint density at radius 1 is 1.35 bits per heavy atom. The molecule has 1 atom stereocenters. The number of hydrogen-bond donors (Lipinski definition) is 0. The number of carbonyl (C=O) groups excluding carboxylic acids is 1. The Balaban J connectivity index is 1.86. The van der Waals surface area contributed by atoms with E-state index in [1.165, 1.54) is 17.7 Å². The second kappa shape index (κ2) is 8.38. The number of amides is 1. The van der Waals surface area contributed by atoms with Gasteiger partial charge in [0.1, 0.15) is 0 Å². The highest BCUT2D eigenvalue weighted by Gasteiger charge is 2.32. The molecule has 26 heavy (non-hydrogen) atoms. The Morgan fingerprint density at radius 2 is 2.08 bits per heavy atom. The summed E-state index contributed by atoms with van der Waals surface area (Å²) in [5, 5.41) is 4.75. The van der Waals surface area contributed by atoms with Crippen molar-refractivity contribution < 1.29 is 4.79 Å². The van der Waals surface area contributed by atoms with Crippen LogP contribution in [0.3, 0.4) is 0 Å². The van der Waals surface area contributed by atoms with Crippen molar-refractivity contribution in [2.24, 2.45) is 5.92 Å². The number of allylic oxidation sites excluding steroid dienone is 1. The molecule has 144 valence electrons. The first-order valence-electron chi connectivity index (χ1n) is 10.2. The highest BCUT2D eigenvalue weighted by atomic mass is 16.2. The lowest BCUT2D eigenvalue weighted by Crippen LogP contribution is -2.40. The van der Waals surface area contributed by atoms with Gasteiger partial charge in [0.25, 0.3) is 5.91 Å². The van der Waals surface area contributed by atoms with Gasteiger partial charge in [-0.05, 0) is 51.5 Å². The van der Waals surface area contributed by atoms with E-state index >= 15 is 0 Å². The molecule has 0 radical (unpaired) electrons. The molecule has 1 fully saturated rings. The highest BCUT2D eigenvalue weighted by molar-refractivity contribution is 5.94. The van der Waals surface area contributed by atoms with E-state index in [-0.39, 0.29) is 5.91 Å². The Morgan fingerprint density at radius 3 is 2.73 bits per heavy atom. The van der Waals surface area contributed by atoms with Gasteiger partial charge >= 0.3 is 0 Å². The third-order valence-electron chi connectivity index (χ3n) is 5.74. The standard InChI is InChI=1S/C21H34N4O/c1-5-11-25-19-10-9-17(23(4)15-16(2)3)14-18(19)20(22-25)21(26)24-12-7-6-8-13-24/h5,16-17H,1,6-15H2,2-4H3. The summed E-state index contributed by atoms with van der Waals surface area (Å²) in [6.45, 7) is 11.9. The smallest absolute Gasteiger partial charge is 0.274 e. The summed E-state index contributed by atoms with van der Waals surface area (Å²) in [5.41, 5.74) is 3.14. The maximum Gasteiger partial charge on any atom is 0.274 e. The summed E-state index contributed by atoms with van der Waals surface area (Å²) >= 11 is 0. The summed E-state index contributed by atoms with van der Waals surface area (Å²) in [5.74, 6) is 0.787. The van der Waals surface area contributed by atoms with Crippen molar-refractivity contribution in [3.05, 3.63) is 29.6 Å². The van der Waals surface area contributed by atoms with Gasteiger partial charge in [-0.3, -0.25) is 9.48 Å². The van der Waals surface area contributed by atoms with Crippen LogP contribution < -0.4 is 0 Å². The van der Waals surface area contributed by atoms with Crippen LogP contribution in [0.25, 0.3) is 0 Å². The molecule has 2 heterocycles. The zero-order valence-electron chi connectivity index (χ0n) is 16.7. The zero-order valence-corrected chi connectivity index (χ0v) is 16.7. The van der Waals surface area contributed by atoms with E-state index in [4.69, 9.17) is 5.10 Å². The lowest BCUT2D eigenvalue weighted by molar-refractivity contribution is 0.0715. The molecule has 0 aromatic carbocycles. The van der Waals surface area contributed by atoms with Gasteiger partial charge < -0.3 is 9.80 Å². The minimum absolute atomic E-state index is 0.135. The number of hydrogen-bond acceptors (Lipinski definition) is 3. The minimum atomic E-state index is 0.135. The van der Waals surface area contributed by atoms with E-state index in [0.29, 0.717) is 24.2 Å². The molecule has 0 spiro atoms. The molecule has 1 unspecified atom stereocenters. The number of likely N-dealkylation sites (tertiary alicyclic amines) is 1. The average Bonchev–Trinajstić information content (AvgIpc) is 2.99. The lowest BCUT2D eigenvalue weighted by atomic mass is 9.89. The average molecular weight is 359 g/mol. The summed E-state index contributed by atoms with van der Waals surface area (Å²) in [6, 6.07) is 0.499. The lowest BCUT2D eigenvalue weighted by Gasteiger charge is -2.33. The van der Waals surface area contributed by atoms with Gasteiger partial charge in [0, 0.05) is 36.9 Å². The second-order valence-electron chi connectivity index (χ2n) is 8.33. The number of carbonyl (C=O) groups is 1. The molecule has 5 nitrogen and oxygen atoms in total. The van der Waals surface area contributed by atoms with Crippen molar-refractivity contribution >= 4 is 5.91 Å². The summed E-state index contributed by atoms with van der Waals surface area (Å²) < 4.78 is 2.01. The maximum atomic E-state index is 13.2. The van der Waals surface area contributed by atoms with Crippen LogP contribution in [0.4, 0.5) is 0 Å². The molecule has 2 aliphatic rings. The quantitative estimate of drug-likeness (QED) is 0.734. The van der Waals surface area contributed by atoms with Crippen LogP contribution in [0.2, 0.25) is 0 Å². The summed E-state index contributed by atoms with van der Waals surface area (Å²) in [7, 11) is 2.22. The third kappa shape index (κ3) is 4.03. The topological polar surface area (TPSA) is 41.4 Å². The van der Waals surface area contributed by atoms with E-state index in [1.807, 2.05) is 15.7 Å². The van der Waals surface area contributed by atoms with Crippen molar-refractivity contribution in [1.82, 2.24) is 19.6 Å². The molecule has 3 rings (SSSR count). The molecule has 5 heteroatoms. The zero-order chi connectivity index (χ0) is 18.7. The Labute approximate surface area is 158 Å². The molecule has 1 aliphatic heterocycles. The normalized spacial score (nSPS) is 20.5. The first-order chi connectivity index (χ1) is 12.5. The molecule has 0 saturated carbocycles. The second-order valence-corrected chi connectivity index (χ2v) is 8.33. The molecule has 1 saturated heterocycles. The number of nitrogens with zero attached hydrogens (tertiary/aromatic N) is 4. The molecular weight excluding hydrogens is 324 g/mol. The van der Waals surface area contributed by atoms with Crippen LogP contribution in [0.15, 0.2) is 12.7 Å². The van der Waals surface area contributed by atoms with E-state index in [1.54, 1.807) is 0 Å². The van der Waals surface area contributed by atoms with E-state index < -0.39 is 0 Å². The molecule has 1 aromatic rings. The van der Waals surface area contributed by atoms with Crippen LogP contribution in [0.1, 0.15) is 61.3 Å². The fourth-order valence-electron chi connectivity index (χ4n) is 4.46. The van der Waals surface area contributed by atoms with Crippen molar-refractivity contribution in [1.29, 1.82) is 0 Å². The van der Waals surface area contributed by atoms with Gasteiger partial charge in [-0.1, -0.05) is 19.9 Å². The number of piperidine rings is 1.